The van der Waals surface area contributed by atoms with Gasteiger partial charge in [-0.3, -0.25) is 0 Å². The van der Waals surface area contributed by atoms with Crippen LogP contribution >= 0.6 is 45.7 Å². The van der Waals surface area contributed by atoms with Gasteiger partial charge >= 0.3 is 0 Å². The first-order valence-corrected chi connectivity index (χ1v) is 4.79. The van der Waals surface area contributed by atoms with Crippen molar-refractivity contribution in [2.75, 3.05) is 6.54 Å². The first kappa shape index (κ1) is 8.72. The van der Waals surface area contributed by atoms with Gasteiger partial charge < -0.3 is 4.98 Å². The van der Waals surface area contributed by atoms with Crippen molar-refractivity contribution in [3.05, 3.63) is 18.2 Å². The number of halogens is 2. The van der Waals surface area contributed by atoms with Gasteiger partial charge in [-0.2, -0.15) is 1.33 Å². The average Bonchev–Trinajstić information content (AvgIpc) is 2.34. The third-order valence-corrected chi connectivity index (χ3v) is 2.06. The standard InChI is InChI=1S/C5H7I2N3/c6-10(7)2-1-5-3-8-4-9-5/h3-4H,1-2H2,(H,8,9). The highest BCUT2D eigenvalue weighted by Gasteiger charge is 1.96. The molecule has 0 aromatic carbocycles. The van der Waals surface area contributed by atoms with Crippen LogP contribution in [0.5, 0.6) is 0 Å². The lowest BCUT2D eigenvalue weighted by atomic mass is 10.3. The van der Waals surface area contributed by atoms with Gasteiger partial charge in [0.1, 0.15) is 0 Å². The lowest BCUT2D eigenvalue weighted by Gasteiger charge is -2.00. The highest BCUT2D eigenvalue weighted by molar-refractivity contribution is 14.2. The summed E-state index contributed by atoms with van der Waals surface area (Å²) in [5.74, 6) is 0. The summed E-state index contributed by atoms with van der Waals surface area (Å²) in [5.41, 5.74) is 1.12. The van der Waals surface area contributed by atoms with E-state index in [1.807, 2.05) is 6.20 Å². The van der Waals surface area contributed by atoms with Crippen LogP contribution in [-0.2, 0) is 6.42 Å². The molecule has 1 rings (SSSR count). The molecule has 0 saturated heterocycles. The maximum atomic E-state index is 4.10. The van der Waals surface area contributed by atoms with E-state index in [2.05, 4.69) is 57.0 Å². The number of hydrogen-bond donors (Lipinski definition) is 1. The molecule has 3 nitrogen and oxygen atoms in total. The number of nitrogens with zero attached hydrogens (tertiary/aromatic N) is 2. The molecule has 1 aromatic heterocycles. The smallest absolute Gasteiger partial charge is 0.0923 e. The fraction of sp³-hybridized carbons (Fsp3) is 0.400. The molecule has 0 spiro atoms. The molecular weight excluding hydrogens is 356 g/mol. The Morgan fingerprint density at radius 1 is 1.60 bits per heavy atom. The molecule has 0 fully saturated rings. The predicted octanol–water partition coefficient (Wildman–Crippen LogP) is 1.95. The van der Waals surface area contributed by atoms with Crippen molar-refractivity contribution in [3.8, 4) is 0 Å². The van der Waals surface area contributed by atoms with E-state index < -0.39 is 0 Å². The van der Waals surface area contributed by atoms with Gasteiger partial charge in [-0.25, -0.2) is 4.98 Å². The molecule has 0 unspecified atom stereocenters. The van der Waals surface area contributed by atoms with Crippen LogP contribution in [0.15, 0.2) is 12.5 Å². The first-order chi connectivity index (χ1) is 4.79. The predicted molar refractivity (Wildman–Crippen MR) is 57.0 cm³/mol. The van der Waals surface area contributed by atoms with E-state index in [-0.39, 0.29) is 0 Å². The molecule has 0 radical (unpaired) electrons. The van der Waals surface area contributed by atoms with Gasteiger partial charge in [-0.1, -0.05) is 0 Å². The van der Waals surface area contributed by atoms with Crippen LogP contribution in [0, 0.1) is 0 Å². The minimum Gasteiger partial charge on any atom is -0.351 e. The molecule has 56 valence electrons. The van der Waals surface area contributed by atoms with E-state index in [1.54, 1.807) is 6.33 Å². The van der Waals surface area contributed by atoms with Gasteiger partial charge in [0.05, 0.1) is 12.0 Å². The zero-order valence-electron chi connectivity index (χ0n) is 5.22. The number of H-pyrrole nitrogens is 1. The first-order valence-electron chi connectivity index (χ1n) is 2.86. The topological polar surface area (TPSA) is 31.9 Å². The van der Waals surface area contributed by atoms with Gasteiger partial charge in [-0.05, 0) is 0 Å². The largest absolute Gasteiger partial charge is 0.351 e. The van der Waals surface area contributed by atoms with Crippen molar-refractivity contribution in [3.63, 3.8) is 0 Å². The Morgan fingerprint density at radius 3 is 2.90 bits per heavy atom. The molecule has 10 heavy (non-hydrogen) atoms. The minimum atomic E-state index is 1.01. The summed E-state index contributed by atoms with van der Waals surface area (Å²) in [6.07, 6.45) is 4.65. The average molecular weight is 363 g/mol. The number of aromatic nitrogens is 2. The van der Waals surface area contributed by atoms with Crippen molar-refractivity contribution in [2.45, 2.75) is 6.42 Å². The third kappa shape index (κ3) is 3.15. The molecule has 0 aliphatic carbocycles. The molecule has 1 heterocycles. The van der Waals surface area contributed by atoms with Crippen LogP contribution in [0.1, 0.15) is 5.69 Å². The monoisotopic (exact) mass is 363 g/mol. The van der Waals surface area contributed by atoms with Crippen LogP contribution in [0.4, 0.5) is 0 Å². The lowest BCUT2D eigenvalue weighted by Crippen LogP contribution is -2.01. The van der Waals surface area contributed by atoms with Crippen molar-refractivity contribution in [2.24, 2.45) is 0 Å². The van der Waals surface area contributed by atoms with Crippen molar-refractivity contribution in [1.82, 2.24) is 11.3 Å². The molecule has 0 saturated carbocycles. The number of rotatable bonds is 3. The maximum Gasteiger partial charge on any atom is 0.0923 e. The highest BCUT2D eigenvalue weighted by atomic mass is 127. The minimum absolute atomic E-state index is 1.01. The zero-order chi connectivity index (χ0) is 7.40. The summed E-state index contributed by atoms with van der Waals surface area (Å²) >= 11 is 4.50. The van der Waals surface area contributed by atoms with E-state index in [0.717, 1.165) is 18.7 Å². The second kappa shape index (κ2) is 4.50. The highest BCUT2D eigenvalue weighted by Crippen LogP contribution is 2.07. The Morgan fingerprint density at radius 2 is 2.40 bits per heavy atom. The van der Waals surface area contributed by atoms with Crippen molar-refractivity contribution >= 4 is 45.7 Å². The second-order valence-electron chi connectivity index (χ2n) is 1.84. The maximum absolute atomic E-state index is 4.10. The second-order valence-corrected chi connectivity index (χ2v) is 6.01. The number of hydrogen-bond acceptors (Lipinski definition) is 2. The summed E-state index contributed by atoms with van der Waals surface area (Å²) in [7, 11) is 0. The van der Waals surface area contributed by atoms with Crippen LogP contribution in [-0.4, -0.2) is 17.8 Å². The molecule has 1 N–H and O–H groups in total. The fourth-order valence-electron chi connectivity index (χ4n) is 0.627. The quantitative estimate of drug-likeness (QED) is 0.658. The van der Waals surface area contributed by atoms with Crippen LogP contribution in [0.25, 0.3) is 0 Å². The molecule has 0 aliphatic heterocycles. The van der Waals surface area contributed by atoms with Gasteiger partial charge in [-0.15, -0.1) is 0 Å². The third-order valence-electron chi connectivity index (χ3n) is 1.09. The summed E-state index contributed by atoms with van der Waals surface area (Å²) in [4.78, 5) is 7.02. The molecular formula is C5H7I2N3. The fourth-order valence-corrected chi connectivity index (χ4v) is 1.11. The van der Waals surface area contributed by atoms with Crippen molar-refractivity contribution in [1.29, 1.82) is 0 Å². The van der Waals surface area contributed by atoms with Gasteiger partial charge in [0.2, 0.25) is 0 Å². The summed E-state index contributed by atoms with van der Waals surface area (Å²) < 4.78 is 2.09. The lowest BCUT2D eigenvalue weighted by molar-refractivity contribution is 0.788. The number of nitrogens with one attached hydrogen (secondary N) is 1. The van der Waals surface area contributed by atoms with Gasteiger partial charge in [0.15, 0.2) is 0 Å². The van der Waals surface area contributed by atoms with Gasteiger partial charge in [0, 0.05) is 64.9 Å². The Labute approximate surface area is 87.6 Å². The van der Waals surface area contributed by atoms with Crippen LogP contribution in [0.3, 0.4) is 0 Å². The Bertz CT molecular complexity index is 173. The molecule has 1 aromatic rings. The van der Waals surface area contributed by atoms with Crippen LogP contribution < -0.4 is 0 Å². The molecule has 5 heteroatoms. The number of imidazole rings is 1. The van der Waals surface area contributed by atoms with E-state index >= 15 is 0 Å². The van der Waals surface area contributed by atoms with Crippen molar-refractivity contribution < 1.29 is 0 Å². The van der Waals surface area contributed by atoms with Crippen LogP contribution in [0.2, 0.25) is 0 Å². The van der Waals surface area contributed by atoms with E-state index in [9.17, 15) is 0 Å². The zero-order valence-corrected chi connectivity index (χ0v) is 9.53. The molecule has 0 atom stereocenters. The summed E-state index contributed by atoms with van der Waals surface area (Å²) in [6, 6.07) is 0. The van der Waals surface area contributed by atoms with E-state index in [4.69, 9.17) is 0 Å². The molecule has 0 amide bonds. The molecule has 0 bridgehead atoms. The summed E-state index contributed by atoms with van der Waals surface area (Å²) in [5, 5.41) is 0. The van der Waals surface area contributed by atoms with Gasteiger partial charge in [0.25, 0.3) is 0 Å². The normalized spacial score (nSPS) is 10.7. The Kier molecular flexibility index (Phi) is 3.92. The SMILES string of the molecule is IN(I)CCc1c[nH]cn1. The van der Waals surface area contributed by atoms with E-state index in [1.165, 1.54) is 0 Å². The summed E-state index contributed by atoms with van der Waals surface area (Å²) in [6.45, 7) is 1.03. The Hall–Kier alpha value is 0.630. The molecule has 0 aliphatic rings. The van der Waals surface area contributed by atoms with E-state index in [0.29, 0.717) is 0 Å². The Balaban J connectivity index is 2.28. The number of aromatic amines is 1.